The van der Waals surface area contributed by atoms with E-state index in [1.54, 1.807) is 17.6 Å². The molecule has 2 aliphatic rings. The van der Waals surface area contributed by atoms with Crippen molar-refractivity contribution in [2.24, 2.45) is 11.8 Å². The lowest BCUT2D eigenvalue weighted by Gasteiger charge is -2.38. The quantitative estimate of drug-likeness (QED) is 0.848. The molecule has 4 nitrogen and oxygen atoms in total. The summed E-state index contributed by atoms with van der Waals surface area (Å²) in [6.07, 6.45) is 5.47. The van der Waals surface area contributed by atoms with Crippen LogP contribution in [0.1, 0.15) is 34.7 Å². The Morgan fingerprint density at radius 3 is 3.00 bits per heavy atom. The van der Waals surface area contributed by atoms with Crippen molar-refractivity contribution in [1.82, 2.24) is 9.80 Å². The number of fused-ring (bicyclic) bond motifs is 1. The zero-order valence-electron chi connectivity index (χ0n) is 14.1. The van der Waals surface area contributed by atoms with Crippen molar-refractivity contribution in [1.29, 1.82) is 0 Å². The van der Waals surface area contributed by atoms with E-state index < -0.39 is 0 Å². The monoisotopic (exact) mass is 344 g/mol. The predicted octanol–water partition coefficient (Wildman–Crippen LogP) is 3.71. The molecule has 1 saturated carbocycles. The summed E-state index contributed by atoms with van der Waals surface area (Å²) < 4.78 is 5.51. The fourth-order valence-electron chi connectivity index (χ4n) is 4.48. The Balaban J connectivity index is 1.45. The second-order valence-electron chi connectivity index (χ2n) is 7.10. The molecule has 0 spiro atoms. The molecule has 1 saturated heterocycles. The first-order valence-electron chi connectivity index (χ1n) is 8.78. The van der Waals surface area contributed by atoms with Gasteiger partial charge in [-0.15, -0.1) is 11.3 Å². The molecule has 2 fully saturated rings. The van der Waals surface area contributed by atoms with Crippen LogP contribution in [0.25, 0.3) is 0 Å². The van der Waals surface area contributed by atoms with Gasteiger partial charge in [-0.05, 0) is 55.3 Å². The van der Waals surface area contributed by atoms with Gasteiger partial charge in [0.15, 0.2) is 0 Å². The Morgan fingerprint density at radius 2 is 2.25 bits per heavy atom. The van der Waals surface area contributed by atoms with Gasteiger partial charge in [-0.25, -0.2) is 0 Å². The second-order valence-corrected chi connectivity index (χ2v) is 8.05. The van der Waals surface area contributed by atoms with Gasteiger partial charge in [0, 0.05) is 19.1 Å². The van der Waals surface area contributed by atoms with E-state index in [1.807, 2.05) is 29.6 Å². The van der Waals surface area contributed by atoms with Crippen LogP contribution in [0, 0.1) is 11.8 Å². The molecule has 0 aromatic carbocycles. The van der Waals surface area contributed by atoms with E-state index >= 15 is 0 Å². The number of hydrogen-bond acceptors (Lipinski definition) is 4. The van der Waals surface area contributed by atoms with Crippen molar-refractivity contribution < 1.29 is 9.21 Å². The Morgan fingerprint density at radius 1 is 1.33 bits per heavy atom. The van der Waals surface area contributed by atoms with Gasteiger partial charge in [-0.1, -0.05) is 12.5 Å². The molecule has 2 aromatic heterocycles. The normalized spacial score (nSPS) is 26.8. The Hall–Kier alpha value is -1.59. The Kier molecular flexibility index (Phi) is 4.46. The summed E-state index contributed by atoms with van der Waals surface area (Å²) in [6, 6.07) is 8.42. The number of hydrogen-bond donors (Lipinski definition) is 0. The second kappa shape index (κ2) is 6.73. The molecule has 0 N–H and O–H groups in total. The highest BCUT2D eigenvalue weighted by Gasteiger charge is 2.43. The van der Waals surface area contributed by atoms with E-state index in [-0.39, 0.29) is 5.91 Å². The van der Waals surface area contributed by atoms with Crippen LogP contribution in [0.15, 0.2) is 40.3 Å². The minimum absolute atomic E-state index is 0.215. The largest absolute Gasteiger partial charge is 0.468 e. The van der Waals surface area contributed by atoms with Gasteiger partial charge >= 0.3 is 0 Å². The molecule has 4 rings (SSSR count). The van der Waals surface area contributed by atoms with Crippen molar-refractivity contribution in [3.63, 3.8) is 0 Å². The lowest BCUT2D eigenvalue weighted by molar-refractivity contribution is 0.0771. The van der Waals surface area contributed by atoms with Crippen molar-refractivity contribution >= 4 is 17.2 Å². The van der Waals surface area contributed by atoms with Gasteiger partial charge < -0.3 is 9.32 Å². The molecule has 3 unspecified atom stereocenters. The summed E-state index contributed by atoms with van der Waals surface area (Å²) in [6.45, 7) is 2.67. The van der Waals surface area contributed by atoms with Crippen molar-refractivity contribution in [2.75, 3.05) is 20.1 Å². The van der Waals surface area contributed by atoms with E-state index in [4.69, 9.17) is 4.42 Å². The summed E-state index contributed by atoms with van der Waals surface area (Å²) in [4.78, 5) is 18.1. The topological polar surface area (TPSA) is 36.7 Å². The number of nitrogens with zero attached hydrogens (tertiary/aromatic N) is 2. The molecule has 1 aliphatic heterocycles. The van der Waals surface area contributed by atoms with Crippen LogP contribution in [0.5, 0.6) is 0 Å². The van der Waals surface area contributed by atoms with Gasteiger partial charge in [0.25, 0.3) is 5.91 Å². The third-order valence-electron chi connectivity index (χ3n) is 5.63. The minimum Gasteiger partial charge on any atom is -0.468 e. The van der Waals surface area contributed by atoms with Crippen molar-refractivity contribution in [2.45, 2.75) is 31.8 Å². The SMILES string of the molecule is CN(Cc1ccco1)C1CCCC2CN(C(=O)c3cccs3)CC21. The number of amides is 1. The Bertz CT molecular complexity index is 668. The van der Waals surface area contributed by atoms with Crippen LogP contribution >= 0.6 is 11.3 Å². The summed E-state index contributed by atoms with van der Waals surface area (Å²) in [7, 11) is 2.19. The maximum absolute atomic E-state index is 12.7. The summed E-state index contributed by atoms with van der Waals surface area (Å²) >= 11 is 1.55. The number of furan rings is 1. The highest BCUT2D eigenvalue weighted by molar-refractivity contribution is 7.12. The van der Waals surface area contributed by atoms with E-state index in [2.05, 4.69) is 16.8 Å². The highest BCUT2D eigenvalue weighted by Crippen LogP contribution is 2.39. The molecular weight excluding hydrogens is 320 g/mol. The maximum atomic E-state index is 12.7. The van der Waals surface area contributed by atoms with Gasteiger partial charge in [0.1, 0.15) is 5.76 Å². The van der Waals surface area contributed by atoms with Crippen molar-refractivity contribution in [3.05, 3.63) is 46.5 Å². The van der Waals surface area contributed by atoms with Crippen LogP contribution in [0.3, 0.4) is 0 Å². The molecule has 1 aliphatic carbocycles. The van der Waals surface area contributed by atoms with E-state index in [9.17, 15) is 4.79 Å². The fourth-order valence-corrected chi connectivity index (χ4v) is 5.17. The molecular formula is C19H24N2O2S. The molecule has 2 aromatic rings. The molecule has 1 amide bonds. The number of rotatable bonds is 4. The van der Waals surface area contributed by atoms with Gasteiger partial charge in [0.2, 0.25) is 0 Å². The number of thiophene rings is 1. The average molecular weight is 344 g/mol. The third-order valence-corrected chi connectivity index (χ3v) is 6.49. The first kappa shape index (κ1) is 15.9. The zero-order valence-corrected chi connectivity index (χ0v) is 14.9. The summed E-state index contributed by atoms with van der Waals surface area (Å²) in [5.41, 5.74) is 0. The predicted molar refractivity (Wildman–Crippen MR) is 95.0 cm³/mol. The minimum atomic E-state index is 0.215. The van der Waals surface area contributed by atoms with Crippen LogP contribution in [0.2, 0.25) is 0 Å². The average Bonchev–Trinajstić information content (AvgIpc) is 3.33. The fraction of sp³-hybridized carbons (Fsp3) is 0.526. The maximum Gasteiger partial charge on any atom is 0.263 e. The summed E-state index contributed by atoms with van der Waals surface area (Å²) in [5.74, 6) is 2.46. The molecule has 3 heterocycles. The van der Waals surface area contributed by atoms with Gasteiger partial charge in [-0.2, -0.15) is 0 Å². The van der Waals surface area contributed by atoms with Crippen LogP contribution in [0.4, 0.5) is 0 Å². The number of carbonyl (C=O) groups excluding carboxylic acids is 1. The number of likely N-dealkylation sites (tertiary alicyclic amines) is 1. The van der Waals surface area contributed by atoms with Crippen LogP contribution in [-0.2, 0) is 6.54 Å². The van der Waals surface area contributed by atoms with Crippen molar-refractivity contribution in [3.8, 4) is 0 Å². The molecule has 128 valence electrons. The molecule has 5 heteroatoms. The van der Waals surface area contributed by atoms with Gasteiger partial charge in [-0.3, -0.25) is 9.69 Å². The first-order valence-corrected chi connectivity index (χ1v) is 9.66. The molecule has 0 bridgehead atoms. The van der Waals surface area contributed by atoms with Gasteiger partial charge in [0.05, 0.1) is 17.7 Å². The van der Waals surface area contributed by atoms with E-state index in [0.717, 1.165) is 30.3 Å². The summed E-state index contributed by atoms with van der Waals surface area (Å²) in [5, 5.41) is 1.98. The molecule has 24 heavy (non-hydrogen) atoms. The lowest BCUT2D eigenvalue weighted by Crippen LogP contribution is -2.43. The smallest absolute Gasteiger partial charge is 0.263 e. The van der Waals surface area contributed by atoms with Crippen LogP contribution in [-0.4, -0.2) is 41.9 Å². The zero-order chi connectivity index (χ0) is 16.5. The molecule has 3 atom stereocenters. The van der Waals surface area contributed by atoms with Crippen LogP contribution < -0.4 is 0 Å². The third kappa shape index (κ3) is 3.03. The lowest BCUT2D eigenvalue weighted by atomic mass is 9.77. The molecule has 0 radical (unpaired) electrons. The Labute approximate surface area is 147 Å². The van der Waals surface area contributed by atoms with E-state index in [0.29, 0.717) is 17.9 Å². The van der Waals surface area contributed by atoms with E-state index in [1.165, 1.54) is 19.3 Å². The standard InChI is InChI=1S/C19H24N2O2S/c1-20(12-15-6-3-9-23-15)17-7-2-5-14-11-21(13-16(14)17)19(22)18-8-4-10-24-18/h3-4,6,8-10,14,16-17H,2,5,7,11-13H2,1H3. The highest BCUT2D eigenvalue weighted by atomic mass is 32.1. The first-order chi connectivity index (χ1) is 11.7. The number of carbonyl (C=O) groups is 1.